The summed E-state index contributed by atoms with van der Waals surface area (Å²) in [5, 5.41) is 2.90. The number of halogens is 1. The number of aromatic nitrogens is 2. The van der Waals surface area contributed by atoms with E-state index in [2.05, 4.69) is 20.2 Å². The maximum absolute atomic E-state index is 13.3. The Morgan fingerprint density at radius 1 is 1.00 bits per heavy atom. The van der Waals surface area contributed by atoms with E-state index >= 15 is 0 Å². The number of methoxy groups -OCH3 is 1. The number of rotatable bonds is 5. The highest BCUT2D eigenvalue weighted by atomic mass is 19.1. The number of anilines is 2. The van der Waals surface area contributed by atoms with Crippen molar-refractivity contribution < 1.29 is 18.7 Å². The fourth-order valence-corrected chi connectivity index (χ4v) is 3.23. The number of amides is 2. The maximum Gasteiger partial charge on any atom is 0.321 e. The van der Waals surface area contributed by atoms with E-state index < -0.39 is 0 Å². The molecule has 31 heavy (non-hydrogen) atoms. The third-order valence-electron chi connectivity index (χ3n) is 4.88. The molecular weight excluding hydrogens is 401 g/mol. The van der Waals surface area contributed by atoms with Crippen LogP contribution in [-0.2, 0) is 0 Å². The molecule has 1 N–H and O–H groups in total. The number of ether oxygens (including phenoxy) is 2. The fourth-order valence-electron chi connectivity index (χ4n) is 3.23. The van der Waals surface area contributed by atoms with Crippen LogP contribution in [0, 0.1) is 5.82 Å². The standard InChI is InChI=1S/C22H22FN5O3/c1-30-18-7-5-17(6-8-18)26-22(29)28-11-9-27(10-12-28)20-14-21(25-15-24-20)31-19-4-2-3-16(23)13-19/h2-8,13-15H,9-12H2,1H3,(H,26,29). The molecular formula is C22H22FN5O3. The Balaban J connectivity index is 1.33. The lowest BCUT2D eigenvalue weighted by Crippen LogP contribution is -2.50. The molecule has 8 nitrogen and oxygen atoms in total. The summed E-state index contributed by atoms with van der Waals surface area (Å²) in [5.41, 5.74) is 0.711. The fraction of sp³-hybridized carbons (Fsp3) is 0.227. The van der Waals surface area contributed by atoms with Gasteiger partial charge in [0.05, 0.1) is 7.11 Å². The summed E-state index contributed by atoms with van der Waals surface area (Å²) < 4.78 is 24.1. The van der Waals surface area contributed by atoms with Crippen molar-refractivity contribution in [3.63, 3.8) is 0 Å². The van der Waals surface area contributed by atoms with Gasteiger partial charge < -0.3 is 24.6 Å². The lowest BCUT2D eigenvalue weighted by atomic mass is 10.3. The zero-order valence-electron chi connectivity index (χ0n) is 17.0. The van der Waals surface area contributed by atoms with Gasteiger partial charge in [-0.15, -0.1) is 0 Å². The van der Waals surface area contributed by atoms with Gasteiger partial charge in [0.15, 0.2) is 0 Å². The smallest absolute Gasteiger partial charge is 0.321 e. The number of hydrogen-bond acceptors (Lipinski definition) is 6. The summed E-state index contributed by atoms with van der Waals surface area (Å²) in [6, 6.07) is 14.6. The van der Waals surface area contributed by atoms with Crippen molar-refractivity contribution in [3.8, 4) is 17.4 Å². The molecule has 2 amide bonds. The van der Waals surface area contributed by atoms with Crippen molar-refractivity contribution in [2.75, 3.05) is 43.5 Å². The first kappa shape index (κ1) is 20.4. The molecule has 0 aliphatic carbocycles. The van der Waals surface area contributed by atoms with Crippen LogP contribution in [0.25, 0.3) is 0 Å². The molecule has 0 radical (unpaired) electrons. The Hall–Kier alpha value is -3.88. The minimum Gasteiger partial charge on any atom is -0.497 e. The molecule has 0 unspecified atom stereocenters. The average molecular weight is 423 g/mol. The Bertz CT molecular complexity index is 1040. The lowest BCUT2D eigenvalue weighted by Gasteiger charge is -2.35. The van der Waals surface area contributed by atoms with E-state index in [-0.39, 0.29) is 11.8 Å². The van der Waals surface area contributed by atoms with E-state index in [4.69, 9.17) is 9.47 Å². The molecule has 0 bridgehead atoms. The summed E-state index contributed by atoms with van der Waals surface area (Å²) in [5.74, 6) is 1.74. The Kier molecular flexibility index (Phi) is 6.11. The van der Waals surface area contributed by atoms with Crippen LogP contribution in [-0.4, -0.2) is 54.2 Å². The maximum atomic E-state index is 13.3. The minimum atomic E-state index is -0.379. The van der Waals surface area contributed by atoms with Crippen molar-refractivity contribution >= 4 is 17.5 Å². The molecule has 1 aliphatic heterocycles. The molecule has 0 saturated carbocycles. The van der Waals surface area contributed by atoms with E-state index in [9.17, 15) is 9.18 Å². The SMILES string of the molecule is COc1ccc(NC(=O)N2CCN(c3cc(Oc4cccc(F)c4)ncn3)CC2)cc1. The van der Waals surface area contributed by atoms with Gasteiger partial charge in [0.25, 0.3) is 0 Å². The van der Waals surface area contributed by atoms with Crippen LogP contribution in [0.3, 0.4) is 0 Å². The predicted molar refractivity (Wildman–Crippen MR) is 114 cm³/mol. The van der Waals surface area contributed by atoms with Gasteiger partial charge in [-0.05, 0) is 36.4 Å². The van der Waals surface area contributed by atoms with Crippen LogP contribution in [0.15, 0.2) is 60.9 Å². The van der Waals surface area contributed by atoms with Gasteiger partial charge in [0, 0.05) is 44.0 Å². The van der Waals surface area contributed by atoms with Crippen molar-refractivity contribution in [3.05, 3.63) is 66.7 Å². The third-order valence-corrected chi connectivity index (χ3v) is 4.88. The van der Waals surface area contributed by atoms with Gasteiger partial charge in [0.2, 0.25) is 5.88 Å². The third kappa shape index (κ3) is 5.19. The summed E-state index contributed by atoms with van der Waals surface area (Å²) in [4.78, 5) is 24.7. The van der Waals surface area contributed by atoms with Gasteiger partial charge >= 0.3 is 6.03 Å². The number of carbonyl (C=O) groups is 1. The largest absolute Gasteiger partial charge is 0.497 e. The molecule has 1 fully saturated rings. The van der Waals surface area contributed by atoms with E-state index in [1.165, 1.54) is 18.5 Å². The van der Waals surface area contributed by atoms with Crippen LogP contribution in [0.4, 0.5) is 20.7 Å². The van der Waals surface area contributed by atoms with Crippen molar-refractivity contribution in [2.24, 2.45) is 0 Å². The number of piperazine rings is 1. The van der Waals surface area contributed by atoms with Crippen molar-refractivity contribution in [2.45, 2.75) is 0 Å². The predicted octanol–water partition coefficient (Wildman–Crippen LogP) is 3.77. The first-order chi connectivity index (χ1) is 15.1. The number of urea groups is 1. The first-order valence-corrected chi connectivity index (χ1v) is 9.81. The second kappa shape index (κ2) is 9.29. The highest BCUT2D eigenvalue weighted by Crippen LogP contribution is 2.23. The highest BCUT2D eigenvalue weighted by molar-refractivity contribution is 5.89. The zero-order chi connectivity index (χ0) is 21.6. The minimum absolute atomic E-state index is 0.150. The Morgan fingerprint density at radius 2 is 1.77 bits per heavy atom. The van der Waals surface area contributed by atoms with Crippen LogP contribution in [0.2, 0.25) is 0 Å². The van der Waals surface area contributed by atoms with E-state index in [1.807, 2.05) is 0 Å². The number of hydrogen-bond donors (Lipinski definition) is 1. The zero-order valence-corrected chi connectivity index (χ0v) is 17.0. The van der Waals surface area contributed by atoms with E-state index in [1.54, 1.807) is 54.5 Å². The van der Waals surface area contributed by atoms with Gasteiger partial charge in [0.1, 0.15) is 29.5 Å². The summed E-state index contributed by atoms with van der Waals surface area (Å²) >= 11 is 0. The van der Waals surface area contributed by atoms with Crippen LogP contribution in [0.5, 0.6) is 17.4 Å². The number of nitrogens with zero attached hydrogens (tertiary/aromatic N) is 4. The summed E-state index contributed by atoms with van der Waals surface area (Å²) in [7, 11) is 1.60. The Morgan fingerprint density at radius 3 is 2.48 bits per heavy atom. The Labute approximate surface area is 179 Å². The topological polar surface area (TPSA) is 79.8 Å². The summed E-state index contributed by atoms with van der Waals surface area (Å²) in [6.45, 7) is 2.33. The molecule has 160 valence electrons. The second-order valence-electron chi connectivity index (χ2n) is 6.91. The van der Waals surface area contributed by atoms with Crippen LogP contribution >= 0.6 is 0 Å². The molecule has 2 heterocycles. The number of carbonyl (C=O) groups excluding carboxylic acids is 1. The molecule has 1 aromatic heterocycles. The molecule has 3 aromatic rings. The first-order valence-electron chi connectivity index (χ1n) is 9.81. The number of benzene rings is 2. The second-order valence-corrected chi connectivity index (χ2v) is 6.91. The summed E-state index contributed by atoms with van der Waals surface area (Å²) in [6.07, 6.45) is 1.41. The average Bonchev–Trinajstić information content (AvgIpc) is 2.80. The quantitative estimate of drug-likeness (QED) is 0.673. The highest BCUT2D eigenvalue weighted by Gasteiger charge is 2.22. The molecule has 1 saturated heterocycles. The van der Waals surface area contributed by atoms with Crippen LogP contribution in [0.1, 0.15) is 0 Å². The van der Waals surface area contributed by atoms with Gasteiger partial charge in [-0.25, -0.2) is 19.2 Å². The van der Waals surface area contributed by atoms with Crippen LogP contribution < -0.4 is 19.7 Å². The van der Waals surface area contributed by atoms with Gasteiger partial charge in [-0.1, -0.05) is 6.07 Å². The monoisotopic (exact) mass is 423 g/mol. The van der Waals surface area contributed by atoms with E-state index in [0.717, 1.165) is 5.75 Å². The van der Waals surface area contributed by atoms with Crippen molar-refractivity contribution in [1.29, 1.82) is 0 Å². The van der Waals surface area contributed by atoms with Gasteiger partial charge in [-0.3, -0.25) is 0 Å². The van der Waals surface area contributed by atoms with E-state index in [0.29, 0.717) is 49.3 Å². The van der Waals surface area contributed by atoms with Crippen molar-refractivity contribution in [1.82, 2.24) is 14.9 Å². The van der Waals surface area contributed by atoms with Gasteiger partial charge in [-0.2, -0.15) is 0 Å². The lowest BCUT2D eigenvalue weighted by molar-refractivity contribution is 0.208. The molecule has 0 atom stereocenters. The molecule has 9 heteroatoms. The normalized spacial score (nSPS) is 13.6. The molecule has 0 spiro atoms. The molecule has 1 aliphatic rings. The number of nitrogens with one attached hydrogen (secondary N) is 1. The molecule has 2 aromatic carbocycles. The molecule has 4 rings (SSSR count).